The van der Waals surface area contributed by atoms with E-state index < -0.39 is 28.2 Å². The molecule has 2 fully saturated rings. The van der Waals surface area contributed by atoms with E-state index >= 15 is 0 Å². The molecule has 0 aliphatic carbocycles. The van der Waals surface area contributed by atoms with Crippen LogP contribution in [0.15, 0.2) is 17.6 Å². The molecule has 1 aromatic heterocycles. The third kappa shape index (κ3) is 4.35. The lowest BCUT2D eigenvalue weighted by molar-refractivity contribution is 0.00578. The monoisotopic (exact) mass is 396 g/mol. The molecule has 3 heterocycles. The van der Waals surface area contributed by atoms with Gasteiger partial charge in [-0.25, -0.2) is 18.4 Å². The maximum atomic E-state index is 12.7. The zero-order valence-corrected chi connectivity index (χ0v) is 17.3. The van der Waals surface area contributed by atoms with Gasteiger partial charge in [0, 0.05) is 37.5 Å². The second kappa shape index (κ2) is 7.40. The smallest absolute Gasteiger partial charge is 0.399 e. The van der Waals surface area contributed by atoms with E-state index in [0.717, 1.165) is 26.1 Å². The summed E-state index contributed by atoms with van der Waals surface area (Å²) in [5.74, 6) is 0.150. The van der Waals surface area contributed by atoms with Gasteiger partial charge in [-0.15, -0.1) is 0 Å². The maximum Gasteiger partial charge on any atom is 0.498 e. The number of nitrogens with two attached hydrogens (primary N) is 1. The Morgan fingerprint density at radius 1 is 1.22 bits per heavy atom. The first-order valence-corrected chi connectivity index (χ1v) is 11.0. The van der Waals surface area contributed by atoms with E-state index in [1.54, 1.807) is 0 Å². The third-order valence-electron chi connectivity index (χ3n) is 5.72. The Bertz CT molecular complexity index is 754. The first-order valence-electron chi connectivity index (χ1n) is 9.37. The molecule has 0 aromatic carbocycles. The van der Waals surface area contributed by atoms with Gasteiger partial charge in [-0.2, -0.15) is 0 Å². The average Bonchev–Trinajstić information content (AvgIpc) is 3.09. The highest BCUT2D eigenvalue weighted by molar-refractivity contribution is 7.91. The molecule has 0 radical (unpaired) electrons. The summed E-state index contributed by atoms with van der Waals surface area (Å²) in [4.78, 5) is 10.4. The van der Waals surface area contributed by atoms with E-state index in [4.69, 9.17) is 15.0 Å². The van der Waals surface area contributed by atoms with Crippen LogP contribution in [-0.4, -0.2) is 73.5 Å². The highest BCUT2D eigenvalue weighted by Gasteiger charge is 2.52. The Morgan fingerprint density at radius 2 is 1.81 bits per heavy atom. The normalized spacial score (nSPS) is 25.2. The van der Waals surface area contributed by atoms with Gasteiger partial charge < -0.3 is 19.9 Å². The van der Waals surface area contributed by atoms with Crippen molar-refractivity contribution in [2.75, 3.05) is 31.9 Å². The lowest BCUT2D eigenvalue weighted by Crippen LogP contribution is -2.41. The van der Waals surface area contributed by atoms with E-state index in [1.165, 1.54) is 12.4 Å². The summed E-state index contributed by atoms with van der Waals surface area (Å²) in [6.07, 6.45) is 3.82. The number of sulfone groups is 1. The van der Waals surface area contributed by atoms with Crippen molar-refractivity contribution in [3.05, 3.63) is 12.4 Å². The predicted molar refractivity (Wildman–Crippen MR) is 103 cm³/mol. The number of aromatic nitrogens is 2. The number of hydrogen-bond donors (Lipinski definition) is 1. The molecule has 2 N–H and O–H groups in total. The summed E-state index contributed by atoms with van der Waals surface area (Å²) >= 11 is 0. The van der Waals surface area contributed by atoms with Crippen LogP contribution in [0.5, 0.6) is 0 Å². The number of nitrogens with zero attached hydrogens (tertiary/aromatic N) is 3. The molecule has 0 amide bonds. The molecule has 10 heteroatoms. The molecule has 0 unspecified atom stereocenters. The largest absolute Gasteiger partial charge is 0.498 e. The van der Waals surface area contributed by atoms with E-state index in [1.807, 2.05) is 27.7 Å². The van der Waals surface area contributed by atoms with Crippen LogP contribution in [0.2, 0.25) is 0 Å². The molecule has 8 nitrogen and oxygen atoms in total. The molecule has 2 aliphatic heterocycles. The van der Waals surface area contributed by atoms with Gasteiger partial charge in [0.1, 0.15) is 0 Å². The van der Waals surface area contributed by atoms with Crippen LogP contribution >= 0.6 is 0 Å². The topological polar surface area (TPSA) is 108 Å². The molecule has 0 saturated carbocycles. The van der Waals surface area contributed by atoms with Crippen molar-refractivity contribution in [3.8, 4) is 0 Å². The summed E-state index contributed by atoms with van der Waals surface area (Å²) in [6, 6.07) is 0. The number of rotatable bonds is 6. The maximum absolute atomic E-state index is 12.7. The summed E-state index contributed by atoms with van der Waals surface area (Å²) in [5.41, 5.74) is 5.24. The van der Waals surface area contributed by atoms with Gasteiger partial charge >= 0.3 is 7.12 Å². The number of likely N-dealkylation sites (tertiary alicyclic amines) is 1. The molecule has 3 rings (SSSR count). The van der Waals surface area contributed by atoms with E-state index in [2.05, 4.69) is 14.9 Å². The Balaban J connectivity index is 1.66. The van der Waals surface area contributed by atoms with Gasteiger partial charge in [0.2, 0.25) is 15.0 Å². The first kappa shape index (κ1) is 20.7. The predicted octanol–water partition coefficient (Wildman–Crippen LogP) is -0.170. The standard InChI is InChI=1S/C17H29BN4O4S/c1-16(2)17(3,4)26-18(25-16)14-9-20-15(21-10-14)27(23,24)12-13-5-7-22(11-13)8-6-19/h9-10,13H,5-8,11-12,19H2,1-4H3/t13-/m0/s1. The second-order valence-corrected chi connectivity index (χ2v) is 10.3. The number of hydrogen-bond acceptors (Lipinski definition) is 8. The molecule has 0 bridgehead atoms. The van der Waals surface area contributed by atoms with Crippen molar-refractivity contribution >= 4 is 22.4 Å². The first-order chi connectivity index (χ1) is 12.5. The van der Waals surface area contributed by atoms with Crippen LogP contribution in [0.4, 0.5) is 0 Å². The van der Waals surface area contributed by atoms with Gasteiger partial charge in [-0.3, -0.25) is 0 Å². The minimum Gasteiger partial charge on any atom is -0.399 e. The minimum atomic E-state index is -3.53. The van der Waals surface area contributed by atoms with Crippen LogP contribution in [0.1, 0.15) is 34.1 Å². The summed E-state index contributed by atoms with van der Waals surface area (Å²) in [7, 11) is -4.13. The SMILES string of the molecule is CC1(C)OB(c2cnc(S(=O)(=O)C[C@H]3CCN(CCN)C3)nc2)OC1(C)C. The van der Waals surface area contributed by atoms with Gasteiger partial charge in [0.25, 0.3) is 0 Å². The van der Waals surface area contributed by atoms with E-state index in [0.29, 0.717) is 12.0 Å². The minimum absolute atomic E-state index is 0.0594. The van der Waals surface area contributed by atoms with Crippen LogP contribution in [-0.2, 0) is 19.1 Å². The summed E-state index contributed by atoms with van der Waals surface area (Å²) in [5, 5.41) is -0.139. The zero-order chi connectivity index (χ0) is 19.9. The summed E-state index contributed by atoms with van der Waals surface area (Å²) in [6.45, 7) is 10.9. The Kier molecular flexibility index (Phi) is 5.66. The molecular formula is C17H29BN4O4S. The molecule has 2 aliphatic rings. The average molecular weight is 396 g/mol. The molecule has 1 aromatic rings. The van der Waals surface area contributed by atoms with Gasteiger partial charge in [0.05, 0.1) is 17.0 Å². The fraction of sp³-hybridized carbons (Fsp3) is 0.765. The molecule has 1 atom stereocenters. The van der Waals surface area contributed by atoms with Gasteiger partial charge in [-0.05, 0) is 46.6 Å². The van der Waals surface area contributed by atoms with E-state index in [9.17, 15) is 8.42 Å². The van der Waals surface area contributed by atoms with Crippen LogP contribution in [0, 0.1) is 5.92 Å². The molecular weight excluding hydrogens is 367 g/mol. The van der Waals surface area contributed by atoms with Gasteiger partial charge in [-0.1, -0.05) is 0 Å². The Labute approximate surface area is 161 Å². The van der Waals surface area contributed by atoms with Crippen molar-refractivity contribution in [1.29, 1.82) is 0 Å². The highest BCUT2D eigenvalue weighted by Crippen LogP contribution is 2.36. The van der Waals surface area contributed by atoms with Crippen molar-refractivity contribution in [3.63, 3.8) is 0 Å². The fourth-order valence-electron chi connectivity index (χ4n) is 3.41. The van der Waals surface area contributed by atoms with Crippen molar-refractivity contribution < 1.29 is 17.7 Å². The van der Waals surface area contributed by atoms with Crippen molar-refractivity contribution in [2.24, 2.45) is 11.7 Å². The van der Waals surface area contributed by atoms with Gasteiger partial charge in [0.15, 0.2) is 0 Å². The lowest BCUT2D eigenvalue weighted by atomic mass is 9.81. The van der Waals surface area contributed by atoms with E-state index in [-0.39, 0.29) is 16.8 Å². The van der Waals surface area contributed by atoms with Crippen LogP contribution < -0.4 is 11.2 Å². The second-order valence-electron chi connectivity index (χ2n) is 8.41. The van der Waals surface area contributed by atoms with Crippen molar-refractivity contribution in [2.45, 2.75) is 50.5 Å². The Morgan fingerprint density at radius 3 is 2.37 bits per heavy atom. The highest BCUT2D eigenvalue weighted by atomic mass is 32.2. The molecule has 27 heavy (non-hydrogen) atoms. The molecule has 0 spiro atoms. The fourth-order valence-corrected chi connectivity index (χ4v) is 4.88. The lowest BCUT2D eigenvalue weighted by Gasteiger charge is -2.32. The Hall–Kier alpha value is -1.07. The van der Waals surface area contributed by atoms with Crippen molar-refractivity contribution in [1.82, 2.24) is 14.9 Å². The zero-order valence-electron chi connectivity index (χ0n) is 16.5. The quantitative estimate of drug-likeness (QED) is 0.522. The summed E-state index contributed by atoms with van der Waals surface area (Å²) < 4.78 is 37.2. The van der Waals surface area contributed by atoms with Crippen LogP contribution in [0.25, 0.3) is 0 Å². The third-order valence-corrected chi connectivity index (χ3v) is 7.40. The van der Waals surface area contributed by atoms with Crippen LogP contribution in [0.3, 0.4) is 0 Å². The molecule has 150 valence electrons. The molecule has 2 saturated heterocycles.